The standard InChI is InChI=1S/C15H20N4O/c1-11-17-13-9-12(3-4-14(13)18(11)2)10-15(20)19-7-5-16-6-8-19/h3-4,9,16H,5-8,10H2,1-2H3. The summed E-state index contributed by atoms with van der Waals surface area (Å²) in [5, 5.41) is 3.26. The fourth-order valence-electron chi connectivity index (χ4n) is 2.68. The Morgan fingerprint density at radius 2 is 2.10 bits per heavy atom. The summed E-state index contributed by atoms with van der Waals surface area (Å²) in [6.07, 6.45) is 0.464. The molecule has 3 rings (SSSR count). The fourth-order valence-corrected chi connectivity index (χ4v) is 2.68. The van der Waals surface area contributed by atoms with Crippen LogP contribution in [0.2, 0.25) is 0 Å². The van der Waals surface area contributed by atoms with Crippen molar-refractivity contribution in [3.63, 3.8) is 0 Å². The second kappa shape index (κ2) is 5.25. The summed E-state index contributed by atoms with van der Waals surface area (Å²) in [6, 6.07) is 6.11. The number of aromatic nitrogens is 2. The van der Waals surface area contributed by atoms with E-state index in [1.807, 2.05) is 31.0 Å². The lowest BCUT2D eigenvalue weighted by Gasteiger charge is -2.27. The van der Waals surface area contributed by atoms with Gasteiger partial charge in [0, 0.05) is 33.2 Å². The molecule has 1 saturated heterocycles. The van der Waals surface area contributed by atoms with E-state index < -0.39 is 0 Å². The normalized spacial score (nSPS) is 15.8. The molecule has 0 aliphatic carbocycles. The Labute approximate surface area is 118 Å². The van der Waals surface area contributed by atoms with E-state index in [1.165, 1.54) is 0 Å². The first-order chi connectivity index (χ1) is 9.65. The van der Waals surface area contributed by atoms with Crippen LogP contribution in [0.25, 0.3) is 11.0 Å². The predicted molar refractivity (Wildman–Crippen MR) is 78.6 cm³/mol. The Bertz CT molecular complexity index is 641. The van der Waals surface area contributed by atoms with E-state index in [-0.39, 0.29) is 5.91 Å². The van der Waals surface area contributed by atoms with Crippen LogP contribution in [0.4, 0.5) is 0 Å². The van der Waals surface area contributed by atoms with Crippen molar-refractivity contribution in [3.05, 3.63) is 29.6 Å². The lowest BCUT2D eigenvalue weighted by Crippen LogP contribution is -2.46. The zero-order chi connectivity index (χ0) is 14.1. The second-order valence-electron chi connectivity index (χ2n) is 5.35. The number of carbonyl (C=O) groups excluding carboxylic acids is 1. The summed E-state index contributed by atoms with van der Waals surface area (Å²) in [5.41, 5.74) is 3.12. The van der Waals surface area contributed by atoms with Crippen LogP contribution in [-0.4, -0.2) is 46.5 Å². The van der Waals surface area contributed by atoms with Gasteiger partial charge in [0.15, 0.2) is 0 Å². The molecule has 1 aliphatic rings. The Morgan fingerprint density at radius 1 is 1.35 bits per heavy atom. The van der Waals surface area contributed by atoms with E-state index >= 15 is 0 Å². The van der Waals surface area contributed by atoms with Crippen LogP contribution in [0.15, 0.2) is 18.2 Å². The number of hydrogen-bond donors (Lipinski definition) is 1. The van der Waals surface area contributed by atoms with E-state index in [4.69, 9.17) is 0 Å². The highest BCUT2D eigenvalue weighted by molar-refractivity contribution is 5.82. The number of piperazine rings is 1. The van der Waals surface area contributed by atoms with E-state index in [1.54, 1.807) is 0 Å². The van der Waals surface area contributed by atoms with Gasteiger partial charge < -0.3 is 14.8 Å². The first-order valence-corrected chi connectivity index (χ1v) is 7.05. The number of amides is 1. The summed E-state index contributed by atoms with van der Waals surface area (Å²) in [6.45, 7) is 5.40. The lowest BCUT2D eigenvalue weighted by atomic mass is 10.1. The first kappa shape index (κ1) is 13.1. The summed E-state index contributed by atoms with van der Waals surface area (Å²) < 4.78 is 2.07. The Kier molecular flexibility index (Phi) is 3.44. The topological polar surface area (TPSA) is 50.2 Å². The summed E-state index contributed by atoms with van der Waals surface area (Å²) in [7, 11) is 2.01. The van der Waals surface area contributed by atoms with Gasteiger partial charge in [-0.1, -0.05) is 6.07 Å². The maximum Gasteiger partial charge on any atom is 0.227 e. The highest BCUT2D eigenvalue weighted by atomic mass is 16.2. The van der Waals surface area contributed by atoms with Gasteiger partial charge in [0.1, 0.15) is 5.82 Å². The predicted octanol–water partition coefficient (Wildman–Crippen LogP) is 0.856. The van der Waals surface area contributed by atoms with Crippen LogP contribution in [0.3, 0.4) is 0 Å². The Hall–Kier alpha value is -1.88. The molecule has 0 atom stereocenters. The van der Waals surface area contributed by atoms with Gasteiger partial charge in [-0.3, -0.25) is 4.79 Å². The van der Waals surface area contributed by atoms with Gasteiger partial charge >= 0.3 is 0 Å². The quantitative estimate of drug-likeness (QED) is 0.882. The Morgan fingerprint density at radius 3 is 2.85 bits per heavy atom. The molecule has 1 aromatic heterocycles. The molecule has 0 radical (unpaired) electrons. The van der Waals surface area contributed by atoms with Crippen molar-refractivity contribution in [1.82, 2.24) is 19.8 Å². The number of imidazole rings is 1. The smallest absolute Gasteiger partial charge is 0.227 e. The highest BCUT2D eigenvalue weighted by Gasteiger charge is 2.16. The zero-order valence-electron chi connectivity index (χ0n) is 12.0. The molecular formula is C15H20N4O. The molecule has 1 fully saturated rings. The molecule has 0 spiro atoms. The van der Waals surface area contributed by atoms with E-state index in [9.17, 15) is 4.79 Å². The van der Waals surface area contributed by atoms with E-state index in [0.29, 0.717) is 6.42 Å². The van der Waals surface area contributed by atoms with Crippen LogP contribution < -0.4 is 5.32 Å². The monoisotopic (exact) mass is 272 g/mol. The van der Waals surface area contributed by atoms with Crippen molar-refractivity contribution in [1.29, 1.82) is 0 Å². The highest BCUT2D eigenvalue weighted by Crippen LogP contribution is 2.17. The van der Waals surface area contributed by atoms with Crippen molar-refractivity contribution < 1.29 is 4.79 Å². The van der Waals surface area contributed by atoms with E-state index in [2.05, 4.69) is 20.9 Å². The number of rotatable bonds is 2. The van der Waals surface area contributed by atoms with Crippen molar-refractivity contribution in [2.75, 3.05) is 26.2 Å². The van der Waals surface area contributed by atoms with Crippen LogP contribution in [-0.2, 0) is 18.3 Å². The molecule has 0 saturated carbocycles. The SMILES string of the molecule is Cc1nc2cc(CC(=O)N3CCNCC3)ccc2n1C. The van der Waals surface area contributed by atoms with Crippen LogP contribution >= 0.6 is 0 Å². The first-order valence-electron chi connectivity index (χ1n) is 7.05. The molecule has 1 N–H and O–H groups in total. The number of nitrogens with one attached hydrogen (secondary N) is 1. The third-order valence-corrected chi connectivity index (χ3v) is 3.99. The largest absolute Gasteiger partial charge is 0.340 e. The number of hydrogen-bond acceptors (Lipinski definition) is 3. The van der Waals surface area contributed by atoms with Gasteiger partial charge in [0.25, 0.3) is 0 Å². The van der Waals surface area contributed by atoms with Crippen LogP contribution in [0.1, 0.15) is 11.4 Å². The van der Waals surface area contributed by atoms with Crippen molar-refractivity contribution in [2.24, 2.45) is 7.05 Å². The third kappa shape index (κ3) is 2.41. The Balaban J connectivity index is 1.78. The maximum absolute atomic E-state index is 12.2. The fraction of sp³-hybridized carbons (Fsp3) is 0.467. The summed E-state index contributed by atoms with van der Waals surface area (Å²) >= 11 is 0. The number of benzene rings is 1. The van der Waals surface area contributed by atoms with Crippen LogP contribution in [0.5, 0.6) is 0 Å². The van der Waals surface area contributed by atoms with Gasteiger partial charge in [-0.25, -0.2) is 4.98 Å². The number of fused-ring (bicyclic) bond motifs is 1. The maximum atomic E-state index is 12.2. The second-order valence-corrected chi connectivity index (χ2v) is 5.35. The number of carbonyl (C=O) groups is 1. The molecular weight excluding hydrogens is 252 g/mol. The molecule has 106 valence electrons. The lowest BCUT2D eigenvalue weighted by molar-refractivity contribution is -0.131. The minimum absolute atomic E-state index is 0.207. The van der Waals surface area contributed by atoms with Crippen LogP contribution in [0, 0.1) is 6.92 Å². The van der Waals surface area contributed by atoms with Crippen molar-refractivity contribution in [2.45, 2.75) is 13.3 Å². The molecule has 5 nitrogen and oxygen atoms in total. The zero-order valence-corrected chi connectivity index (χ0v) is 12.0. The van der Waals surface area contributed by atoms with Gasteiger partial charge in [0.2, 0.25) is 5.91 Å². The molecule has 2 aromatic rings. The number of aryl methyl sites for hydroxylation is 2. The molecule has 1 aromatic carbocycles. The molecule has 0 bridgehead atoms. The average Bonchev–Trinajstić information content (AvgIpc) is 2.74. The van der Waals surface area contributed by atoms with Crippen molar-refractivity contribution >= 4 is 16.9 Å². The van der Waals surface area contributed by atoms with Gasteiger partial charge in [-0.2, -0.15) is 0 Å². The third-order valence-electron chi connectivity index (χ3n) is 3.99. The average molecular weight is 272 g/mol. The molecule has 1 amide bonds. The number of nitrogens with zero attached hydrogens (tertiary/aromatic N) is 3. The molecule has 0 unspecified atom stereocenters. The molecule has 5 heteroatoms. The minimum Gasteiger partial charge on any atom is -0.340 e. The summed E-state index contributed by atoms with van der Waals surface area (Å²) in [4.78, 5) is 18.7. The van der Waals surface area contributed by atoms with Gasteiger partial charge in [0.05, 0.1) is 17.5 Å². The molecule has 2 heterocycles. The minimum atomic E-state index is 0.207. The summed E-state index contributed by atoms with van der Waals surface area (Å²) in [5.74, 6) is 1.20. The molecule has 20 heavy (non-hydrogen) atoms. The van der Waals surface area contributed by atoms with Crippen molar-refractivity contribution in [3.8, 4) is 0 Å². The molecule has 1 aliphatic heterocycles. The van der Waals surface area contributed by atoms with Gasteiger partial charge in [-0.15, -0.1) is 0 Å². The van der Waals surface area contributed by atoms with E-state index in [0.717, 1.165) is 48.6 Å². The van der Waals surface area contributed by atoms with Gasteiger partial charge in [-0.05, 0) is 24.6 Å².